The van der Waals surface area contributed by atoms with E-state index in [0.717, 1.165) is 0 Å². The molecule has 0 aliphatic rings. The first-order valence-corrected chi connectivity index (χ1v) is 6.28. The first kappa shape index (κ1) is 14.9. The number of hydrogen-bond donors (Lipinski definition) is 3. The molecule has 1 aromatic carbocycles. The first-order valence-electron chi connectivity index (χ1n) is 6.28. The van der Waals surface area contributed by atoms with Crippen molar-refractivity contribution < 1.29 is 4.39 Å². The van der Waals surface area contributed by atoms with Crippen LogP contribution in [0, 0.1) is 5.82 Å². The normalized spacial score (nSPS) is 11.5. The van der Waals surface area contributed by atoms with Crippen molar-refractivity contribution in [2.45, 2.75) is 6.54 Å². The molecule has 2 aromatic rings. The average Bonchev–Trinajstić information content (AvgIpc) is 2.46. The van der Waals surface area contributed by atoms with Gasteiger partial charge in [-0.15, -0.1) is 0 Å². The quantitative estimate of drug-likeness (QED) is 0.567. The van der Waals surface area contributed by atoms with Crippen LogP contribution < -0.4 is 17.3 Å². The van der Waals surface area contributed by atoms with Gasteiger partial charge in [0.1, 0.15) is 5.82 Å². The molecular weight excluding hydrogens is 271 g/mol. The molecule has 0 aliphatic carbocycles. The second-order valence-corrected chi connectivity index (χ2v) is 4.53. The van der Waals surface area contributed by atoms with Crippen LogP contribution in [-0.2, 0) is 6.54 Å². The van der Waals surface area contributed by atoms with Crippen LogP contribution in [0.15, 0.2) is 36.7 Å². The summed E-state index contributed by atoms with van der Waals surface area (Å²) < 4.78 is 13.0. The summed E-state index contributed by atoms with van der Waals surface area (Å²) in [4.78, 5) is 8.64. The fraction of sp³-hybridized carbons (Fsp3) is 0.143. The van der Waals surface area contributed by atoms with Crippen molar-refractivity contribution in [3.05, 3.63) is 53.7 Å². The number of rotatable bonds is 4. The third kappa shape index (κ3) is 3.53. The van der Waals surface area contributed by atoms with Crippen LogP contribution in [0.1, 0.15) is 11.3 Å². The Hall–Kier alpha value is -2.51. The van der Waals surface area contributed by atoms with Crippen molar-refractivity contribution in [3.63, 3.8) is 0 Å². The van der Waals surface area contributed by atoms with Crippen LogP contribution in [0.3, 0.4) is 0 Å². The summed E-state index contributed by atoms with van der Waals surface area (Å²) >= 11 is 0. The van der Waals surface area contributed by atoms with Crippen molar-refractivity contribution in [1.82, 2.24) is 15.0 Å². The molecule has 21 heavy (non-hydrogen) atoms. The van der Waals surface area contributed by atoms with E-state index in [-0.39, 0.29) is 12.4 Å². The lowest BCUT2D eigenvalue weighted by Gasteiger charge is -2.11. The van der Waals surface area contributed by atoms with Gasteiger partial charge in [0.25, 0.3) is 0 Å². The van der Waals surface area contributed by atoms with E-state index in [9.17, 15) is 4.39 Å². The van der Waals surface area contributed by atoms with Gasteiger partial charge in [0.2, 0.25) is 0 Å². The lowest BCUT2D eigenvalue weighted by Crippen LogP contribution is -2.21. The van der Waals surface area contributed by atoms with Crippen molar-refractivity contribution >= 4 is 5.70 Å². The van der Waals surface area contributed by atoms with E-state index < -0.39 is 0 Å². The van der Waals surface area contributed by atoms with Gasteiger partial charge in [-0.3, -0.25) is 0 Å². The Balaban J connectivity index is 2.49. The standard InChI is InChI=1S/C14H17FN6/c1-21(18)8-12(17)13-10(6-16)7-19-14(20-13)9-2-4-11(15)5-3-9/h2-5,7-8H,6,16-18H2,1H3/b12-8-. The van der Waals surface area contributed by atoms with Crippen molar-refractivity contribution in [2.75, 3.05) is 7.05 Å². The molecule has 7 heteroatoms. The molecule has 6 nitrogen and oxygen atoms in total. The third-order valence-corrected chi connectivity index (χ3v) is 2.80. The molecular formula is C14H17FN6. The summed E-state index contributed by atoms with van der Waals surface area (Å²) in [6.07, 6.45) is 3.15. The molecule has 0 saturated heterocycles. The molecule has 1 heterocycles. The molecule has 0 spiro atoms. The molecule has 110 valence electrons. The molecule has 1 aromatic heterocycles. The van der Waals surface area contributed by atoms with Crippen LogP contribution >= 0.6 is 0 Å². The highest BCUT2D eigenvalue weighted by Crippen LogP contribution is 2.19. The Morgan fingerprint density at radius 3 is 2.57 bits per heavy atom. The number of aromatic nitrogens is 2. The van der Waals surface area contributed by atoms with Gasteiger partial charge in [-0.1, -0.05) is 0 Å². The third-order valence-electron chi connectivity index (χ3n) is 2.80. The maximum absolute atomic E-state index is 13.0. The average molecular weight is 288 g/mol. The van der Waals surface area contributed by atoms with Gasteiger partial charge in [-0.05, 0) is 24.3 Å². The number of halogens is 1. The zero-order valence-electron chi connectivity index (χ0n) is 11.6. The minimum Gasteiger partial charge on any atom is -0.396 e. The lowest BCUT2D eigenvalue weighted by atomic mass is 10.1. The molecule has 0 bridgehead atoms. The Labute approximate surface area is 122 Å². The predicted molar refractivity (Wildman–Crippen MR) is 79.4 cm³/mol. The van der Waals surface area contributed by atoms with Crippen molar-refractivity contribution in [2.24, 2.45) is 17.3 Å². The van der Waals surface area contributed by atoms with E-state index in [2.05, 4.69) is 9.97 Å². The number of nitrogens with two attached hydrogens (primary N) is 3. The summed E-state index contributed by atoms with van der Waals surface area (Å²) in [5, 5.41) is 1.33. The van der Waals surface area contributed by atoms with Crippen LogP contribution in [0.5, 0.6) is 0 Å². The van der Waals surface area contributed by atoms with Gasteiger partial charge in [0, 0.05) is 37.1 Å². The van der Waals surface area contributed by atoms with Gasteiger partial charge in [-0.25, -0.2) is 20.2 Å². The monoisotopic (exact) mass is 288 g/mol. The number of benzene rings is 1. The van der Waals surface area contributed by atoms with Crippen LogP contribution in [0.2, 0.25) is 0 Å². The zero-order valence-corrected chi connectivity index (χ0v) is 11.6. The molecule has 6 N–H and O–H groups in total. The predicted octanol–water partition coefficient (Wildman–Crippen LogP) is 0.804. The van der Waals surface area contributed by atoms with E-state index in [1.54, 1.807) is 25.4 Å². The topological polar surface area (TPSA) is 107 Å². The van der Waals surface area contributed by atoms with E-state index in [4.69, 9.17) is 17.3 Å². The molecule has 0 radical (unpaired) electrons. The molecule has 0 unspecified atom stereocenters. The van der Waals surface area contributed by atoms with Gasteiger partial charge in [0.15, 0.2) is 5.82 Å². The maximum Gasteiger partial charge on any atom is 0.159 e. The van der Waals surface area contributed by atoms with Crippen molar-refractivity contribution in [1.29, 1.82) is 0 Å². The molecule has 0 saturated carbocycles. The van der Waals surface area contributed by atoms with Crippen LogP contribution in [-0.4, -0.2) is 22.0 Å². The second kappa shape index (κ2) is 6.29. The fourth-order valence-corrected chi connectivity index (χ4v) is 1.82. The zero-order chi connectivity index (χ0) is 15.4. The number of nitrogens with zero attached hydrogens (tertiary/aromatic N) is 3. The van der Waals surface area contributed by atoms with Crippen molar-refractivity contribution in [3.8, 4) is 11.4 Å². The Bertz CT molecular complexity index is 651. The largest absolute Gasteiger partial charge is 0.396 e. The SMILES string of the molecule is CN(N)/C=C(\N)c1nc(-c2ccc(F)cc2)ncc1CN. The maximum atomic E-state index is 13.0. The molecule has 2 rings (SSSR count). The smallest absolute Gasteiger partial charge is 0.159 e. The molecule has 0 aliphatic heterocycles. The molecule has 0 fully saturated rings. The van der Waals surface area contributed by atoms with E-state index in [1.807, 2.05) is 0 Å². The van der Waals surface area contributed by atoms with E-state index in [0.29, 0.717) is 28.3 Å². The van der Waals surface area contributed by atoms with Crippen LogP contribution in [0.4, 0.5) is 4.39 Å². The summed E-state index contributed by atoms with van der Waals surface area (Å²) in [5.41, 5.74) is 13.9. The highest BCUT2D eigenvalue weighted by molar-refractivity contribution is 5.65. The molecule has 0 amide bonds. The summed E-state index contributed by atoms with van der Waals surface area (Å²) in [6, 6.07) is 5.90. The summed E-state index contributed by atoms with van der Waals surface area (Å²) in [5.74, 6) is 5.67. The van der Waals surface area contributed by atoms with Gasteiger partial charge >= 0.3 is 0 Å². The fourth-order valence-electron chi connectivity index (χ4n) is 1.82. The minimum absolute atomic E-state index is 0.252. The first-order chi connectivity index (χ1) is 10.0. The Morgan fingerprint density at radius 2 is 2.00 bits per heavy atom. The Kier molecular flexibility index (Phi) is 4.46. The summed E-state index contributed by atoms with van der Waals surface area (Å²) in [7, 11) is 1.65. The van der Waals surface area contributed by atoms with E-state index >= 15 is 0 Å². The highest BCUT2D eigenvalue weighted by atomic mass is 19.1. The highest BCUT2D eigenvalue weighted by Gasteiger charge is 2.10. The van der Waals surface area contributed by atoms with Gasteiger partial charge in [0.05, 0.1) is 11.4 Å². The Morgan fingerprint density at radius 1 is 1.33 bits per heavy atom. The second-order valence-electron chi connectivity index (χ2n) is 4.53. The van der Waals surface area contributed by atoms with E-state index in [1.165, 1.54) is 23.3 Å². The van der Waals surface area contributed by atoms with Gasteiger partial charge in [-0.2, -0.15) is 0 Å². The number of hydrogen-bond acceptors (Lipinski definition) is 6. The lowest BCUT2D eigenvalue weighted by molar-refractivity contribution is 0.485. The van der Waals surface area contributed by atoms with Crippen LogP contribution in [0.25, 0.3) is 17.1 Å². The molecule has 0 atom stereocenters. The summed E-state index contributed by atoms with van der Waals surface area (Å²) in [6.45, 7) is 0.252. The van der Waals surface area contributed by atoms with Gasteiger partial charge < -0.3 is 16.5 Å². The number of hydrazine groups is 1. The minimum atomic E-state index is -0.318.